The third-order valence-corrected chi connectivity index (χ3v) is 4.53. The molecule has 2 nitrogen and oxygen atoms in total. The Morgan fingerprint density at radius 3 is 1.88 bits per heavy atom. The lowest BCUT2D eigenvalue weighted by atomic mass is 9.81. The van der Waals surface area contributed by atoms with Gasteiger partial charge in [0.1, 0.15) is 5.75 Å². The quantitative estimate of drug-likeness (QED) is 0.597. The summed E-state index contributed by atoms with van der Waals surface area (Å²) in [6, 6.07) is 31.1. The highest BCUT2D eigenvalue weighted by atomic mass is 16.5. The summed E-state index contributed by atoms with van der Waals surface area (Å²) < 4.78 is 5.31. The van der Waals surface area contributed by atoms with Crippen LogP contribution < -0.4 is 4.74 Å². The first-order chi connectivity index (χ1) is 12.3. The minimum Gasteiger partial charge on any atom is -0.497 e. The van der Waals surface area contributed by atoms with Gasteiger partial charge in [-0.2, -0.15) is 5.26 Å². The predicted molar refractivity (Wildman–Crippen MR) is 101 cm³/mol. The van der Waals surface area contributed by atoms with E-state index in [4.69, 9.17) is 4.74 Å². The van der Waals surface area contributed by atoms with Crippen molar-refractivity contribution in [3.63, 3.8) is 0 Å². The van der Waals surface area contributed by atoms with E-state index >= 15 is 0 Å². The van der Waals surface area contributed by atoms with E-state index in [9.17, 15) is 5.26 Å². The van der Waals surface area contributed by atoms with E-state index < -0.39 is 0 Å². The Hall–Kier alpha value is -3.05. The molecule has 0 aliphatic heterocycles. The van der Waals surface area contributed by atoms with Crippen LogP contribution in [0.15, 0.2) is 84.9 Å². The number of rotatable bonds is 6. The van der Waals surface area contributed by atoms with Gasteiger partial charge in [0.2, 0.25) is 0 Å². The maximum atomic E-state index is 9.79. The summed E-state index contributed by atoms with van der Waals surface area (Å²) >= 11 is 0. The summed E-state index contributed by atoms with van der Waals surface area (Å²) in [5.74, 6) is 0.771. The molecule has 2 heteroatoms. The topological polar surface area (TPSA) is 33.0 Å². The van der Waals surface area contributed by atoms with Gasteiger partial charge in [0.25, 0.3) is 0 Å². The molecule has 0 aliphatic carbocycles. The van der Waals surface area contributed by atoms with Crippen molar-refractivity contribution in [2.75, 3.05) is 7.11 Å². The zero-order chi connectivity index (χ0) is 17.5. The third kappa shape index (κ3) is 4.08. The fourth-order valence-electron chi connectivity index (χ4n) is 3.19. The molecule has 0 aromatic heterocycles. The molecule has 3 rings (SSSR count). The van der Waals surface area contributed by atoms with Crippen molar-refractivity contribution in [1.82, 2.24) is 0 Å². The van der Waals surface area contributed by atoms with Gasteiger partial charge in [0, 0.05) is 5.92 Å². The Kier molecular flexibility index (Phi) is 5.49. The molecule has 0 saturated heterocycles. The van der Waals surface area contributed by atoms with Gasteiger partial charge in [-0.05, 0) is 35.2 Å². The molecule has 0 N–H and O–H groups in total. The Bertz CT molecular complexity index is 797. The Labute approximate surface area is 149 Å². The fourth-order valence-corrected chi connectivity index (χ4v) is 3.19. The van der Waals surface area contributed by atoms with Crippen molar-refractivity contribution in [3.05, 3.63) is 102 Å². The van der Waals surface area contributed by atoms with E-state index in [1.165, 1.54) is 11.1 Å². The van der Waals surface area contributed by atoms with Crippen molar-refractivity contribution in [2.45, 2.75) is 18.3 Å². The molecule has 25 heavy (non-hydrogen) atoms. The molecule has 3 aromatic rings. The van der Waals surface area contributed by atoms with Crippen LogP contribution in [0.25, 0.3) is 0 Å². The van der Waals surface area contributed by atoms with Crippen molar-refractivity contribution >= 4 is 0 Å². The summed E-state index contributed by atoms with van der Waals surface area (Å²) in [6.07, 6.45) is 0.734. The van der Waals surface area contributed by atoms with Gasteiger partial charge in [0.05, 0.1) is 19.1 Å². The largest absolute Gasteiger partial charge is 0.497 e. The number of nitrogens with zero attached hydrogens (tertiary/aromatic N) is 1. The van der Waals surface area contributed by atoms with Crippen LogP contribution in [-0.2, 0) is 0 Å². The van der Waals surface area contributed by atoms with Crippen molar-refractivity contribution < 1.29 is 4.74 Å². The number of methoxy groups -OCH3 is 1. The Morgan fingerprint density at radius 1 is 0.800 bits per heavy atom. The monoisotopic (exact) mass is 327 g/mol. The normalized spacial score (nSPS) is 11.7. The maximum absolute atomic E-state index is 9.79. The van der Waals surface area contributed by atoms with E-state index in [1.54, 1.807) is 7.11 Å². The number of hydrogen-bond acceptors (Lipinski definition) is 2. The van der Waals surface area contributed by atoms with Crippen LogP contribution in [0.1, 0.15) is 34.9 Å². The number of ether oxygens (including phenoxy) is 1. The highest BCUT2D eigenvalue weighted by Crippen LogP contribution is 2.35. The van der Waals surface area contributed by atoms with Crippen LogP contribution in [0.3, 0.4) is 0 Å². The van der Waals surface area contributed by atoms with Gasteiger partial charge in [0.15, 0.2) is 0 Å². The van der Waals surface area contributed by atoms with E-state index in [0.29, 0.717) is 0 Å². The molecule has 0 saturated carbocycles. The molecule has 3 aromatic carbocycles. The molecule has 0 spiro atoms. The van der Waals surface area contributed by atoms with E-state index in [2.05, 4.69) is 54.6 Å². The van der Waals surface area contributed by atoms with Crippen molar-refractivity contribution in [3.8, 4) is 11.8 Å². The summed E-state index contributed by atoms with van der Waals surface area (Å²) in [5, 5.41) is 9.79. The second-order valence-electron chi connectivity index (χ2n) is 6.07. The lowest BCUT2D eigenvalue weighted by Gasteiger charge is -2.21. The van der Waals surface area contributed by atoms with Gasteiger partial charge in [-0.25, -0.2) is 0 Å². The smallest absolute Gasteiger partial charge is 0.119 e. The third-order valence-electron chi connectivity index (χ3n) is 4.53. The summed E-state index contributed by atoms with van der Waals surface area (Å²) in [6.45, 7) is 0. The Balaban J connectivity index is 1.95. The van der Waals surface area contributed by atoms with Gasteiger partial charge < -0.3 is 4.74 Å². The highest BCUT2D eigenvalue weighted by molar-refractivity contribution is 5.37. The first-order valence-corrected chi connectivity index (χ1v) is 8.45. The summed E-state index contributed by atoms with van der Waals surface area (Å²) in [5.41, 5.74) is 3.47. The van der Waals surface area contributed by atoms with Crippen LogP contribution in [0.5, 0.6) is 5.75 Å². The zero-order valence-corrected chi connectivity index (χ0v) is 14.3. The molecule has 1 unspecified atom stereocenters. The number of nitriles is 1. The second kappa shape index (κ2) is 8.17. The van der Waals surface area contributed by atoms with Crippen LogP contribution in [-0.4, -0.2) is 7.11 Å². The van der Waals surface area contributed by atoms with Crippen molar-refractivity contribution in [2.24, 2.45) is 0 Å². The maximum Gasteiger partial charge on any atom is 0.119 e. The van der Waals surface area contributed by atoms with Gasteiger partial charge >= 0.3 is 0 Å². The molecule has 1 atom stereocenters. The van der Waals surface area contributed by atoms with Crippen LogP contribution in [0.4, 0.5) is 0 Å². The van der Waals surface area contributed by atoms with Crippen LogP contribution in [0.2, 0.25) is 0 Å². The van der Waals surface area contributed by atoms with Crippen molar-refractivity contribution in [1.29, 1.82) is 5.26 Å². The molecule has 0 aliphatic rings. The first-order valence-electron chi connectivity index (χ1n) is 8.45. The van der Waals surface area contributed by atoms with Gasteiger partial charge in [-0.1, -0.05) is 72.8 Å². The lowest BCUT2D eigenvalue weighted by Crippen LogP contribution is -2.07. The molecule has 0 bridgehead atoms. The fraction of sp³-hybridized carbons (Fsp3) is 0.174. The molecule has 124 valence electrons. The molecule has 0 heterocycles. The molecular formula is C23H21NO. The first kappa shape index (κ1) is 16.8. The zero-order valence-electron chi connectivity index (χ0n) is 14.3. The number of benzene rings is 3. The minimum atomic E-state index is -0.194. The average molecular weight is 327 g/mol. The second-order valence-corrected chi connectivity index (χ2v) is 6.07. The van der Waals surface area contributed by atoms with E-state index in [0.717, 1.165) is 17.7 Å². The minimum absolute atomic E-state index is 0.179. The van der Waals surface area contributed by atoms with Gasteiger partial charge in [-0.3, -0.25) is 0 Å². The molecule has 0 amide bonds. The molecule has 0 radical (unpaired) electrons. The SMILES string of the molecule is COc1cccc(C(C#N)CC(c2ccccc2)c2ccccc2)c1. The number of hydrogen-bond donors (Lipinski definition) is 0. The highest BCUT2D eigenvalue weighted by Gasteiger charge is 2.21. The summed E-state index contributed by atoms with van der Waals surface area (Å²) in [7, 11) is 1.65. The van der Waals surface area contributed by atoms with Gasteiger partial charge in [-0.15, -0.1) is 0 Å². The Morgan fingerprint density at radius 2 is 1.36 bits per heavy atom. The lowest BCUT2D eigenvalue weighted by molar-refractivity contribution is 0.414. The van der Waals surface area contributed by atoms with Crippen LogP contribution in [0, 0.1) is 11.3 Å². The molecule has 0 fully saturated rings. The van der Waals surface area contributed by atoms with Crippen LogP contribution >= 0.6 is 0 Å². The van der Waals surface area contributed by atoms with E-state index in [1.807, 2.05) is 36.4 Å². The van der Waals surface area contributed by atoms with E-state index in [-0.39, 0.29) is 11.8 Å². The standard InChI is InChI=1S/C23H21NO/c1-25-22-14-8-13-20(15-22)21(17-24)16-23(18-9-4-2-5-10-18)19-11-6-3-7-12-19/h2-15,21,23H,16H2,1H3. The summed E-state index contributed by atoms with van der Waals surface area (Å²) in [4.78, 5) is 0. The predicted octanol–water partition coefficient (Wildman–Crippen LogP) is 5.52. The average Bonchev–Trinajstić information content (AvgIpc) is 2.70. The molecular weight excluding hydrogens is 306 g/mol.